The lowest BCUT2D eigenvalue weighted by Crippen LogP contribution is -2.14. The fourth-order valence-corrected chi connectivity index (χ4v) is 1.56. The molecule has 84 valence electrons. The van der Waals surface area contributed by atoms with E-state index in [1.807, 2.05) is 0 Å². The van der Waals surface area contributed by atoms with Gasteiger partial charge in [-0.25, -0.2) is 8.78 Å². The molecular weight excluding hydrogens is 198 g/mol. The van der Waals surface area contributed by atoms with Crippen LogP contribution in [0.1, 0.15) is 37.0 Å². The normalized spacial score (nSPS) is 11.8. The standard InChI is InChI=1S/C12H16F2O/c1-4-9-7-11(15)8(3)6-10(9)12(13,14)5-2/h6-7,15H,4-5H2,1-3H3. The molecule has 0 fully saturated rings. The average Bonchev–Trinajstić information content (AvgIpc) is 2.21. The molecule has 0 aliphatic carbocycles. The molecule has 0 aromatic heterocycles. The first-order valence-corrected chi connectivity index (χ1v) is 5.13. The zero-order valence-electron chi connectivity index (χ0n) is 9.27. The van der Waals surface area contributed by atoms with E-state index < -0.39 is 5.92 Å². The molecule has 0 unspecified atom stereocenters. The fraction of sp³-hybridized carbons (Fsp3) is 0.500. The van der Waals surface area contributed by atoms with Gasteiger partial charge in [-0.05, 0) is 36.6 Å². The summed E-state index contributed by atoms with van der Waals surface area (Å²) in [6.07, 6.45) is 0.281. The Bertz CT molecular complexity index is 359. The minimum absolute atomic E-state index is 0.0443. The van der Waals surface area contributed by atoms with Crippen LogP contribution in [0.2, 0.25) is 0 Å². The summed E-state index contributed by atoms with van der Waals surface area (Å²) >= 11 is 0. The van der Waals surface area contributed by atoms with Crippen LogP contribution in [0.25, 0.3) is 0 Å². The van der Waals surface area contributed by atoms with Crippen LogP contribution in [0.5, 0.6) is 5.75 Å². The van der Waals surface area contributed by atoms with Gasteiger partial charge >= 0.3 is 0 Å². The Morgan fingerprint density at radius 2 is 1.87 bits per heavy atom. The average molecular weight is 214 g/mol. The van der Waals surface area contributed by atoms with Gasteiger partial charge < -0.3 is 5.11 Å². The summed E-state index contributed by atoms with van der Waals surface area (Å²) in [6.45, 7) is 4.89. The van der Waals surface area contributed by atoms with Crippen molar-refractivity contribution in [2.24, 2.45) is 0 Å². The van der Waals surface area contributed by atoms with Crippen molar-refractivity contribution in [1.82, 2.24) is 0 Å². The van der Waals surface area contributed by atoms with E-state index in [1.54, 1.807) is 13.8 Å². The Balaban J connectivity index is 3.34. The Kier molecular flexibility index (Phi) is 3.32. The summed E-state index contributed by atoms with van der Waals surface area (Å²) < 4.78 is 27.1. The highest BCUT2D eigenvalue weighted by molar-refractivity contribution is 5.43. The van der Waals surface area contributed by atoms with Gasteiger partial charge in [0.15, 0.2) is 0 Å². The van der Waals surface area contributed by atoms with Crippen molar-refractivity contribution in [2.75, 3.05) is 0 Å². The molecule has 1 rings (SSSR count). The molecule has 15 heavy (non-hydrogen) atoms. The van der Waals surface area contributed by atoms with E-state index >= 15 is 0 Å². The Labute approximate surface area is 88.7 Å². The zero-order valence-corrected chi connectivity index (χ0v) is 9.27. The number of aryl methyl sites for hydroxylation is 2. The van der Waals surface area contributed by atoms with Crippen LogP contribution in [-0.2, 0) is 12.3 Å². The number of halogens is 2. The highest BCUT2D eigenvalue weighted by Crippen LogP contribution is 2.36. The number of hydrogen-bond acceptors (Lipinski definition) is 1. The van der Waals surface area contributed by atoms with E-state index in [9.17, 15) is 13.9 Å². The first-order valence-electron chi connectivity index (χ1n) is 5.13. The second-order valence-electron chi connectivity index (χ2n) is 3.71. The van der Waals surface area contributed by atoms with Gasteiger partial charge in [-0.15, -0.1) is 0 Å². The van der Waals surface area contributed by atoms with E-state index in [0.29, 0.717) is 17.5 Å². The zero-order chi connectivity index (χ0) is 11.6. The van der Waals surface area contributed by atoms with Crippen molar-refractivity contribution in [3.05, 3.63) is 28.8 Å². The number of phenolic OH excluding ortho intramolecular Hbond substituents is 1. The predicted molar refractivity (Wildman–Crippen MR) is 56.4 cm³/mol. The number of phenols is 1. The molecule has 0 saturated heterocycles. The van der Waals surface area contributed by atoms with Crippen LogP contribution in [0.15, 0.2) is 12.1 Å². The molecule has 1 aromatic rings. The van der Waals surface area contributed by atoms with Gasteiger partial charge in [-0.1, -0.05) is 13.8 Å². The summed E-state index contributed by atoms with van der Waals surface area (Å²) in [5, 5.41) is 9.45. The number of aromatic hydroxyl groups is 1. The highest BCUT2D eigenvalue weighted by atomic mass is 19.3. The molecule has 0 amide bonds. The van der Waals surface area contributed by atoms with Crippen molar-refractivity contribution in [2.45, 2.75) is 39.5 Å². The van der Waals surface area contributed by atoms with Crippen molar-refractivity contribution < 1.29 is 13.9 Å². The molecule has 1 aromatic carbocycles. The second-order valence-corrected chi connectivity index (χ2v) is 3.71. The SMILES string of the molecule is CCc1cc(O)c(C)cc1C(F)(F)CC. The Morgan fingerprint density at radius 1 is 1.27 bits per heavy atom. The summed E-state index contributed by atoms with van der Waals surface area (Å²) in [5.41, 5.74) is 1.06. The number of rotatable bonds is 3. The fourth-order valence-electron chi connectivity index (χ4n) is 1.56. The number of hydrogen-bond donors (Lipinski definition) is 1. The molecule has 0 heterocycles. The minimum Gasteiger partial charge on any atom is -0.508 e. The van der Waals surface area contributed by atoms with Crippen LogP contribution in [0.3, 0.4) is 0 Å². The molecule has 0 spiro atoms. The first-order chi connectivity index (χ1) is 6.92. The maximum Gasteiger partial charge on any atom is 0.273 e. The van der Waals surface area contributed by atoms with Gasteiger partial charge in [0.25, 0.3) is 5.92 Å². The minimum atomic E-state index is -2.80. The van der Waals surface area contributed by atoms with Gasteiger partial charge in [-0.2, -0.15) is 0 Å². The summed E-state index contributed by atoms with van der Waals surface area (Å²) in [6, 6.07) is 2.83. The molecule has 0 aliphatic rings. The third kappa shape index (κ3) is 2.28. The van der Waals surface area contributed by atoms with Crippen molar-refractivity contribution in [3.63, 3.8) is 0 Å². The van der Waals surface area contributed by atoms with Crippen molar-refractivity contribution in [3.8, 4) is 5.75 Å². The molecule has 1 nitrogen and oxygen atoms in total. The lowest BCUT2D eigenvalue weighted by Gasteiger charge is -2.19. The smallest absolute Gasteiger partial charge is 0.273 e. The van der Waals surface area contributed by atoms with Crippen LogP contribution < -0.4 is 0 Å². The Morgan fingerprint density at radius 3 is 2.33 bits per heavy atom. The van der Waals surface area contributed by atoms with Crippen LogP contribution >= 0.6 is 0 Å². The predicted octanol–water partition coefficient (Wildman–Crippen LogP) is 3.76. The van der Waals surface area contributed by atoms with Crippen molar-refractivity contribution in [1.29, 1.82) is 0 Å². The third-order valence-corrected chi connectivity index (χ3v) is 2.64. The molecule has 0 bridgehead atoms. The molecule has 0 aliphatic heterocycles. The monoisotopic (exact) mass is 214 g/mol. The summed E-state index contributed by atoms with van der Waals surface area (Å²) in [5.74, 6) is -2.72. The van der Waals surface area contributed by atoms with E-state index in [-0.39, 0.29) is 17.7 Å². The summed E-state index contributed by atoms with van der Waals surface area (Å²) in [7, 11) is 0. The van der Waals surface area contributed by atoms with E-state index in [4.69, 9.17) is 0 Å². The number of benzene rings is 1. The van der Waals surface area contributed by atoms with Crippen molar-refractivity contribution >= 4 is 0 Å². The lowest BCUT2D eigenvalue weighted by molar-refractivity contribution is -0.00919. The van der Waals surface area contributed by atoms with Crippen LogP contribution in [-0.4, -0.2) is 5.11 Å². The quantitative estimate of drug-likeness (QED) is 0.812. The Hall–Kier alpha value is -1.12. The van der Waals surface area contributed by atoms with E-state index in [1.165, 1.54) is 19.1 Å². The largest absolute Gasteiger partial charge is 0.508 e. The highest BCUT2D eigenvalue weighted by Gasteiger charge is 2.31. The van der Waals surface area contributed by atoms with E-state index in [2.05, 4.69) is 0 Å². The molecule has 0 atom stereocenters. The molecule has 0 radical (unpaired) electrons. The second kappa shape index (κ2) is 4.17. The van der Waals surface area contributed by atoms with Crippen LogP contribution in [0, 0.1) is 6.92 Å². The molecule has 1 N–H and O–H groups in total. The number of alkyl halides is 2. The van der Waals surface area contributed by atoms with Gasteiger partial charge in [0.05, 0.1) is 0 Å². The first kappa shape index (κ1) is 12.0. The van der Waals surface area contributed by atoms with Gasteiger partial charge in [-0.3, -0.25) is 0 Å². The van der Waals surface area contributed by atoms with Gasteiger partial charge in [0.1, 0.15) is 5.75 Å². The van der Waals surface area contributed by atoms with Gasteiger partial charge in [0, 0.05) is 12.0 Å². The topological polar surface area (TPSA) is 20.2 Å². The van der Waals surface area contributed by atoms with Crippen LogP contribution in [0.4, 0.5) is 8.78 Å². The molecular formula is C12H16F2O. The molecule has 0 saturated carbocycles. The maximum absolute atomic E-state index is 13.6. The van der Waals surface area contributed by atoms with E-state index in [0.717, 1.165) is 0 Å². The lowest BCUT2D eigenvalue weighted by atomic mass is 9.95. The maximum atomic E-state index is 13.6. The molecule has 3 heteroatoms. The van der Waals surface area contributed by atoms with Gasteiger partial charge in [0.2, 0.25) is 0 Å². The third-order valence-electron chi connectivity index (χ3n) is 2.64. The summed E-state index contributed by atoms with van der Waals surface area (Å²) in [4.78, 5) is 0.